The Morgan fingerprint density at radius 1 is 1.21 bits per heavy atom. The Morgan fingerprint density at radius 3 is 2.74 bits per heavy atom. The number of halogens is 1. The van der Waals surface area contributed by atoms with Crippen molar-refractivity contribution in [2.75, 3.05) is 18.0 Å². The van der Waals surface area contributed by atoms with Gasteiger partial charge in [-0.2, -0.15) is 0 Å². The number of aliphatic hydroxyl groups is 1. The summed E-state index contributed by atoms with van der Waals surface area (Å²) in [4.78, 5) is 36.7. The van der Waals surface area contributed by atoms with E-state index in [1.807, 2.05) is 30.3 Å². The summed E-state index contributed by atoms with van der Waals surface area (Å²) in [7, 11) is 0. The van der Waals surface area contributed by atoms with Crippen LogP contribution < -0.4 is 15.6 Å². The summed E-state index contributed by atoms with van der Waals surface area (Å²) in [5, 5.41) is 14.6. The molecule has 3 N–H and O–H groups in total. The fourth-order valence-corrected chi connectivity index (χ4v) is 5.23. The minimum Gasteiger partial charge on any atom is -0.393 e. The van der Waals surface area contributed by atoms with Crippen LogP contribution in [0.15, 0.2) is 65.7 Å². The van der Waals surface area contributed by atoms with E-state index in [9.17, 15) is 14.7 Å². The summed E-state index contributed by atoms with van der Waals surface area (Å²) < 4.78 is 0. The van der Waals surface area contributed by atoms with Crippen LogP contribution in [-0.4, -0.2) is 40.2 Å². The summed E-state index contributed by atoms with van der Waals surface area (Å²) >= 11 is 7.38. The van der Waals surface area contributed by atoms with Crippen LogP contribution in [0.5, 0.6) is 0 Å². The molecule has 1 aliphatic heterocycles. The van der Waals surface area contributed by atoms with Crippen molar-refractivity contribution >= 4 is 44.9 Å². The van der Waals surface area contributed by atoms with Crippen molar-refractivity contribution in [3.8, 4) is 0 Å². The molecule has 0 spiro atoms. The predicted molar refractivity (Wildman–Crippen MR) is 135 cm³/mol. The maximum absolute atomic E-state index is 13.4. The van der Waals surface area contributed by atoms with E-state index in [2.05, 4.69) is 20.2 Å². The number of nitrogens with one attached hydrogen (secondary N) is 2. The van der Waals surface area contributed by atoms with Gasteiger partial charge in [0.2, 0.25) is 0 Å². The molecule has 5 rings (SSSR count). The number of fused-ring (bicyclic) bond motifs is 1. The topological polar surface area (TPSA) is 98.3 Å². The summed E-state index contributed by atoms with van der Waals surface area (Å²) in [6, 6.07) is 13.8. The van der Waals surface area contributed by atoms with Crippen LogP contribution in [0.1, 0.15) is 39.7 Å². The number of piperidine rings is 1. The van der Waals surface area contributed by atoms with Crippen LogP contribution in [-0.2, 0) is 0 Å². The maximum atomic E-state index is 13.4. The molecule has 2 aromatic heterocycles. The molecule has 0 radical (unpaired) electrons. The van der Waals surface area contributed by atoms with E-state index in [1.165, 1.54) is 11.3 Å². The van der Waals surface area contributed by atoms with Crippen LogP contribution in [0.4, 0.5) is 5.13 Å². The van der Waals surface area contributed by atoms with Crippen molar-refractivity contribution in [3.63, 3.8) is 0 Å². The number of pyridine rings is 1. The van der Waals surface area contributed by atoms with Gasteiger partial charge in [0.05, 0.1) is 23.9 Å². The van der Waals surface area contributed by atoms with E-state index in [1.54, 1.807) is 30.6 Å². The number of anilines is 1. The van der Waals surface area contributed by atoms with Gasteiger partial charge in [0.15, 0.2) is 10.6 Å². The van der Waals surface area contributed by atoms with Crippen molar-refractivity contribution in [1.82, 2.24) is 15.3 Å². The largest absolute Gasteiger partial charge is 0.393 e. The van der Waals surface area contributed by atoms with Crippen molar-refractivity contribution in [1.29, 1.82) is 0 Å². The zero-order valence-electron chi connectivity index (χ0n) is 18.2. The molecule has 1 atom stereocenters. The first-order chi connectivity index (χ1) is 16.5. The molecular weight excluding hydrogens is 472 g/mol. The number of rotatable bonds is 5. The Kier molecular flexibility index (Phi) is 6.36. The molecular formula is C25H23ClN4O3S. The highest BCUT2D eigenvalue weighted by Gasteiger charge is 2.24. The van der Waals surface area contributed by atoms with Gasteiger partial charge in [-0.1, -0.05) is 53.3 Å². The molecule has 9 heteroatoms. The third-order valence-electron chi connectivity index (χ3n) is 6.04. The molecule has 7 nitrogen and oxygen atoms in total. The van der Waals surface area contributed by atoms with E-state index < -0.39 is 6.04 Å². The van der Waals surface area contributed by atoms with Gasteiger partial charge in [-0.15, -0.1) is 0 Å². The first-order valence-electron chi connectivity index (χ1n) is 11.0. The molecule has 2 aromatic carbocycles. The minimum absolute atomic E-state index is 0.170. The number of benzene rings is 2. The highest BCUT2D eigenvalue weighted by atomic mass is 35.5. The number of hydrogen-bond acceptors (Lipinski definition) is 6. The van der Waals surface area contributed by atoms with Crippen LogP contribution in [0.2, 0.25) is 5.02 Å². The summed E-state index contributed by atoms with van der Waals surface area (Å²) in [6.07, 6.45) is 4.30. The number of carbonyl (C=O) groups excluding carboxylic acids is 1. The first kappa shape index (κ1) is 22.6. The lowest BCUT2D eigenvalue weighted by Gasteiger charge is -2.29. The van der Waals surface area contributed by atoms with E-state index in [4.69, 9.17) is 11.6 Å². The highest BCUT2D eigenvalue weighted by Crippen LogP contribution is 2.27. The monoisotopic (exact) mass is 494 g/mol. The molecule has 4 aromatic rings. The van der Waals surface area contributed by atoms with E-state index in [0.29, 0.717) is 52.3 Å². The molecule has 1 fully saturated rings. The van der Waals surface area contributed by atoms with Gasteiger partial charge in [-0.3, -0.25) is 9.59 Å². The number of thiazole rings is 1. The molecule has 1 aliphatic rings. The molecule has 174 valence electrons. The second-order valence-corrected chi connectivity index (χ2v) is 9.75. The van der Waals surface area contributed by atoms with Gasteiger partial charge in [0.1, 0.15) is 4.88 Å². The molecule has 0 aliphatic carbocycles. The third kappa shape index (κ3) is 4.57. The molecule has 34 heavy (non-hydrogen) atoms. The number of hydrogen-bond donors (Lipinski definition) is 3. The molecule has 1 unspecified atom stereocenters. The van der Waals surface area contributed by atoms with Crippen molar-refractivity contribution < 1.29 is 9.90 Å². The van der Waals surface area contributed by atoms with Gasteiger partial charge >= 0.3 is 0 Å². The number of amides is 1. The van der Waals surface area contributed by atoms with Gasteiger partial charge in [0, 0.05) is 35.3 Å². The Morgan fingerprint density at radius 2 is 1.97 bits per heavy atom. The number of nitrogens with zero attached hydrogens (tertiary/aromatic N) is 2. The Labute approximate surface area is 205 Å². The molecule has 1 amide bonds. The number of H-pyrrole nitrogens is 1. The standard InChI is InChI=1S/C25H23ClN4O3S/c26-16-6-7-18-20(12-16)27-13-19(23(18)32)22(15-4-2-1-3-5-15)29-24(33)21-14-28-25(34-21)30-10-8-17(31)9-11-30/h1-7,12-14,17,22,31H,8-11H2,(H,27,32)(H,29,33). The lowest BCUT2D eigenvalue weighted by atomic mass is 9.98. The predicted octanol–water partition coefficient (Wildman–Crippen LogP) is 4.12. The smallest absolute Gasteiger partial charge is 0.263 e. The lowest BCUT2D eigenvalue weighted by Crippen LogP contribution is -2.35. The van der Waals surface area contributed by atoms with Crippen molar-refractivity contribution in [2.45, 2.75) is 25.0 Å². The van der Waals surface area contributed by atoms with Crippen LogP contribution >= 0.6 is 22.9 Å². The lowest BCUT2D eigenvalue weighted by molar-refractivity contribution is 0.0946. The molecule has 0 bridgehead atoms. The normalized spacial score (nSPS) is 15.4. The van der Waals surface area contributed by atoms with Gasteiger partial charge in [0.25, 0.3) is 5.91 Å². The number of aromatic nitrogens is 2. The minimum atomic E-state index is -0.645. The van der Waals surface area contributed by atoms with E-state index in [-0.39, 0.29) is 17.4 Å². The van der Waals surface area contributed by atoms with Crippen molar-refractivity contribution in [3.05, 3.63) is 92.2 Å². The fourth-order valence-electron chi connectivity index (χ4n) is 4.19. The number of aliphatic hydroxyl groups excluding tert-OH is 1. The van der Waals surface area contributed by atoms with Gasteiger partial charge in [-0.05, 0) is 36.6 Å². The van der Waals surface area contributed by atoms with Crippen LogP contribution in [0, 0.1) is 0 Å². The zero-order chi connectivity index (χ0) is 23.7. The molecule has 0 saturated carbocycles. The quantitative estimate of drug-likeness (QED) is 0.387. The zero-order valence-corrected chi connectivity index (χ0v) is 19.8. The number of aromatic amines is 1. The second-order valence-electron chi connectivity index (χ2n) is 8.31. The van der Waals surface area contributed by atoms with Gasteiger partial charge in [-0.25, -0.2) is 4.98 Å². The Balaban J connectivity index is 1.46. The third-order valence-corrected chi connectivity index (χ3v) is 7.34. The highest BCUT2D eigenvalue weighted by molar-refractivity contribution is 7.17. The van der Waals surface area contributed by atoms with Crippen molar-refractivity contribution in [2.24, 2.45) is 0 Å². The summed E-state index contributed by atoms with van der Waals surface area (Å²) in [6.45, 7) is 1.41. The molecule has 3 heterocycles. The second kappa shape index (κ2) is 9.58. The maximum Gasteiger partial charge on any atom is 0.263 e. The summed E-state index contributed by atoms with van der Waals surface area (Å²) in [5.41, 5.74) is 1.70. The SMILES string of the molecule is O=C(NC(c1ccccc1)c1c[nH]c2cc(Cl)ccc2c1=O)c1cnc(N2CCC(O)CC2)s1. The average Bonchev–Trinajstić information content (AvgIpc) is 3.34. The van der Waals surface area contributed by atoms with E-state index in [0.717, 1.165) is 10.7 Å². The Bertz CT molecular complexity index is 1380. The Hall–Kier alpha value is -3.20. The van der Waals surface area contributed by atoms with Crippen LogP contribution in [0.25, 0.3) is 10.9 Å². The van der Waals surface area contributed by atoms with E-state index >= 15 is 0 Å². The van der Waals surface area contributed by atoms with Gasteiger partial charge < -0.3 is 20.3 Å². The fraction of sp³-hybridized carbons (Fsp3) is 0.240. The molecule has 1 saturated heterocycles. The first-order valence-corrected chi connectivity index (χ1v) is 12.2. The van der Waals surface area contributed by atoms with Crippen LogP contribution in [0.3, 0.4) is 0 Å². The average molecular weight is 495 g/mol. The number of carbonyl (C=O) groups is 1. The summed E-state index contributed by atoms with van der Waals surface area (Å²) in [5.74, 6) is -0.301.